The molecule has 33 heavy (non-hydrogen) atoms. The second-order valence-corrected chi connectivity index (χ2v) is 7.41. The van der Waals surface area contributed by atoms with Crippen molar-refractivity contribution in [3.8, 4) is 23.0 Å². The molecule has 2 amide bonds. The van der Waals surface area contributed by atoms with Gasteiger partial charge in [-0.3, -0.25) is 9.59 Å². The van der Waals surface area contributed by atoms with E-state index < -0.39 is 0 Å². The number of para-hydroxylation sites is 1. The van der Waals surface area contributed by atoms with E-state index in [0.29, 0.717) is 22.9 Å². The molecule has 0 aliphatic carbocycles. The number of carbonyl (C=O) groups excluding carboxylic acids is 2. The number of nitrogens with zero attached hydrogens (tertiary/aromatic N) is 1. The summed E-state index contributed by atoms with van der Waals surface area (Å²) < 4.78 is 16.4. The summed E-state index contributed by atoms with van der Waals surface area (Å²) in [5.41, 5.74) is 2.27. The highest BCUT2D eigenvalue weighted by atomic mass is 16.5. The first-order valence-electron chi connectivity index (χ1n) is 10.4. The number of carbonyl (C=O) groups is 2. The van der Waals surface area contributed by atoms with E-state index in [4.69, 9.17) is 14.2 Å². The highest BCUT2D eigenvalue weighted by molar-refractivity contribution is 5.95. The van der Waals surface area contributed by atoms with Crippen molar-refractivity contribution in [3.05, 3.63) is 84.1 Å². The molecule has 1 aliphatic heterocycles. The molecule has 3 aromatic rings. The molecule has 0 spiro atoms. The molecule has 0 aromatic heterocycles. The maximum absolute atomic E-state index is 12.7. The van der Waals surface area contributed by atoms with Crippen LogP contribution in [-0.2, 0) is 16.0 Å². The number of ether oxygens (including phenoxy) is 3. The van der Waals surface area contributed by atoms with Crippen LogP contribution in [-0.4, -0.2) is 37.5 Å². The number of hydrogen-bond acceptors (Lipinski definition) is 5. The van der Waals surface area contributed by atoms with Crippen LogP contribution in [0.1, 0.15) is 11.1 Å². The van der Waals surface area contributed by atoms with Crippen molar-refractivity contribution in [2.24, 2.45) is 0 Å². The maximum atomic E-state index is 12.7. The molecule has 0 atom stereocenters. The van der Waals surface area contributed by atoms with E-state index in [2.05, 4.69) is 5.32 Å². The molecule has 0 fully saturated rings. The van der Waals surface area contributed by atoms with Gasteiger partial charge in [-0.15, -0.1) is 0 Å². The van der Waals surface area contributed by atoms with Gasteiger partial charge in [0.2, 0.25) is 11.8 Å². The van der Waals surface area contributed by atoms with Gasteiger partial charge in [-0.25, -0.2) is 0 Å². The zero-order valence-electron chi connectivity index (χ0n) is 18.4. The second kappa shape index (κ2) is 9.91. The van der Waals surface area contributed by atoms with Crippen molar-refractivity contribution in [2.75, 3.05) is 26.1 Å². The summed E-state index contributed by atoms with van der Waals surface area (Å²) in [6.45, 7) is -0.0974. The SMILES string of the molecule is COc1cc2c(cc1OC)CC(=O)N(CC(=O)Nc1ccc(Oc3ccccc3)cc1)C=C2. The van der Waals surface area contributed by atoms with E-state index >= 15 is 0 Å². The number of benzene rings is 3. The standard InChI is InChI=1S/C26H24N2O5/c1-31-23-14-18-12-13-28(26(30)16-19(18)15-24(23)32-2)17-25(29)27-20-8-10-22(11-9-20)33-21-6-4-3-5-7-21/h3-15H,16-17H2,1-2H3,(H,27,29). The van der Waals surface area contributed by atoms with Gasteiger partial charge in [0.25, 0.3) is 0 Å². The quantitative estimate of drug-likeness (QED) is 0.581. The lowest BCUT2D eigenvalue weighted by molar-refractivity contribution is -0.131. The molecule has 168 valence electrons. The van der Waals surface area contributed by atoms with Gasteiger partial charge < -0.3 is 24.4 Å². The third kappa shape index (κ3) is 5.33. The van der Waals surface area contributed by atoms with Crippen molar-refractivity contribution >= 4 is 23.6 Å². The number of anilines is 1. The third-order valence-electron chi connectivity index (χ3n) is 5.17. The van der Waals surface area contributed by atoms with Crippen LogP contribution in [0.3, 0.4) is 0 Å². The summed E-state index contributed by atoms with van der Waals surface area (Å²) >= 11 is 0. The van der Waals surface area contributed by atoms with Crippen molar-refractivity contribution in [3.63, 3.8) is 0 Å². The average Bonchev–Trinajstić information content (AvgIpc) is 2.98. The number of hydrogen-bond donors (Lipinski definition) is 1. The van der Waals surface area contributed by atoms with Gasteiger partial charge in [-0.2, -0.15) is 0 Å². The molecule has 0 saturated heterocycles. The molecule has 0 unspecified atom stereocenters. The number of amides is 2. The van der Waals surface area contributed by atoms with Crippen molar-refractivity contribution in [1.29, 1.82) is 0 Å². The van der Waals surface area contributed by atoms with Gasteiger partial charge in [0.15, 0.2) is 11.5 Å². The van der Waals surface area contributed by atoms with Crippen molar-refractivity contribution < 1.29 is 23.8 Å². The van der Waals surface area contributed by atoms with Gasteiger partial charge in [0.1, 0.15) is 18.0 Å². The summed E-state index contributed by atoms with van der Waals surface area (Å²) in [4.78, 5) is 26.7. The number of methoxy groups -OCH3 is 2. The normalized spacial score (nSPS) is 12.5. The minimum absolute atomic E-state index is 0.0974. The van der Waals surface area contributed by atoms with E-state index in [1.807, 2.05) is 36.4 Å². The summed E-state index contributed by atoms with van der Waals surface area (Å²) in [5, 5.41) is 2.82. The van der Waals surface area contributed by atoms with Crippen molar-refractivity contribution in [1.82, 2.24) is 4.90 Å². The van der Waals surface area contributed by atoms with Crippen LogP contribution in [0, 0.1) is 0 Å². The van der Waals surface area contributed by atoms with Crippen LogP contribution in [0.15, 0.2) is 72.9 Å². The van der Waals surface area contributed by atoms with Crippen LogP contribution < -0.4 is 19.5 Å². The second-order valence-electron chi connectivity index (χ2n) is 7.41. The molecular weight excluding hydrogens is 420 g/mol. The Morgan fingerprint density at radius 1 is 0.939 bits per heavy atom. The number of nitrogens with one attached hydrogen (secondary N) is 1. The predicted molar refractivity (Wildman–Crippen MR) is 126 cm³/mol. The molecule has 7 nitrogen and oxygen atoms in total. The summed E-state index contributed by atoms with van der Waals surface area (Å²) in [6, 6.07) is 20.1. The van der Waals surface area contributed by atoms with Crippen molar-refractivity contribution in [2.45, 2.75) is 6.42 Å². The zero-order chi connectivity index (χ0) is 23.2. The van der Waals surface area contributed by atoms with Crippen LogP contribution in [0.5, 0.6) is 23.0 Å². The topological polar surface area (TPSA) is 77.1 Å². The number of fused-ring (bicyclic) bond motifs is 1. The first-order valence-corrected chi connectivity index (χ1v) is 10.4. The van der Waals surface area contributed by atoms with E-state index in [0.717, 1.165) is 16.9 Å². The van der Waals surface area contributed by atoms with Gasteiger partial charge in [-0.05, 0) is 65.7 Å². The van der Waals surface area contributed by atoms with Crippen LogP contribution in [0.25, 0.3) is 6.08 Å². The lowest BCUT2D eigenvalue weighted by atomic mass is 10.0. The smallest absolute Gasteiger partial charge is 0.244 e. The Labute approximate surface area is 192 Å². The van der Waals surface area contributed by atoms with Gasteiger partial charge in [0.05, 0.1) is 20.6 Å². The summed E-state index contributed by atoms with van der Waals surface area (Å²) in [5.74, 6) is 2.05. The van der Waals surface area contributed by atoms with Gasteiger partial charge in [0, 0.05) is 11.9 Å². The fourth-order valence-electron chi connectivity index (χ4n) is 3.49. The molecule has 1 heterocycles. The molecule has 0 saturated carbocycles. The summed E-state index contributed by atoms with van der Waals surface area (Å²) in [6.07, 6.45) is 3.57. The third-order valence-corrected chi connectivity index (χ3v) is 5.17. The molecule has 4 rings (SSSR count). The first-order chi connectivity index (χ1) is 16.1. The van der Waals surface area contributed by atoms with E-state index in [-0.39, 0.29) is 24.8 Å². The van der Waals surface area contributed by atoms with E-state index in [1.165, 1.54) is 4.90 Å². The van der Waals surface area contributed by atoms with E-state index in [1.54, 1.807) is 56.8 Å². The fraction of sp³-hybridized carbons (Fsp3) is 0.154. The molecule has 7 heteroatoms. The number of rotatable bonds is 7. The van der Waals surface area contributed by atoms with E-state index in [9.17, 15) is 9.59 Å². The molecule has 0 radical (unpaired) electrons. The minimum atomic E-state index is -0.300. The predicted octanol–water partition coefficient (Wildman–Crippen LogP) is 4.49. The maximum Gasteiger partial charge on any atom is 0.244 e. The molecule has 0 bridgehead atoms. The van der Waals surface area contributed by atoms with Crippen LogP contribution in [0.2, 0.25) is 0 Å². The highest BCUT2D eigenvalue weighted by Crippen LogP contribution is 2.32. The molecule has 3 aromatic carbocycles. The van der Waals surface area contributed by atoms with Crippen LogP contribution in [0.4, 0.5) is 5.69 Å². The minimum Gasteiger partial charge on any atom is -0.493 e. The molecule has 1 aliphatic rings. The Hall–Kier alpha value is -4.26. The summed E-state index contributed by atoms with van der Waals surface area (Å²) in [7, 11) is 3.11. The molecule has 1 N–H and O–H groups in total. The zero-order valence-corrected chi connectivity index (χ0v) is 18.4. The Balaban J connectivity index is 1.38. The Bertz CT molecular complexity index is 1170. The van der Waals surface area contributed by atoms with Crippen LogP contribution >= 0.6 is 0 Å². The highest BCUT2D eigenvalue weighted by Gasteiger charge is 2.21. The molecular formula is C26H24N2O5. The monoisotopic (exact) mass is 444 g/mol. The Kier molecular flexibility index (Phi) is 6.59. The van der Waals surface area contributed by atoms with Gasteiger partial charge >= 0.3 is 0 Å². The fourth-order valence-corrected chi connectivity index (χ4v) is 3.49. The largest absolute Gasteiger partial charge is 0.493 e. The lowest BCUT2D eigenvalue weighted by Gasteiger charge is -2.17. The Morgan fingerprint density at radius 3 is 2.30 bits per heavy atom. The first kappa shape index (κ1) is 22.0. The van der Waals surface area contributed by atoms with Gasteiger partial charge in [-0.1, -0.05) is 18.2 Å². The average molecular weight is 444 g/mol. The lowest BCUT2D eigenvalue weighted by Crippen LogP contribution is -2.34. The Morgan fingerprint density at radius 2 is 1.61 bits per heavy atom.